The van der Waals surface area contributed by atoms with Crippen molar-refractivity contribution in [3.8, 4) is 17.0 Å². The summed E-state index contributed by atoms with van der Waals surface area (Å²) in [5, 5.41) is 0. The van der Waals surface area contributed by atoms with Crippen molar-refractivity contribution in [1.29, 1.82) is 0 Å². The molecular weight excluding hydrogens is 262 g/mol. The van der Waals surface area contributed by atoms with Crippen LogP contribution >= 0.6 is 0 Å². The second-order valence-corrected chi connectivity index (χ2v) is 5.63. The second-order valence-electron chi connectivity index (χ2n) is 5.63. The van der Waals surface area contributed by atoms with Gasteiger partial charge < -0.3 is 15.0 Å². The van der Waals surface area contributed by atoms with E-state index in [-0.39, 0.29) is 0 Å². The van der Waals surface area contributed by atoms with Crippen molar-refractivity contribution >= 4 is 5.82 Å². The van der Waals surface area contributed by atoms with Gasteiger partial charge in [0.15, 0.2) is 0 Å². The predicted molar refractivity (Wildman–Crippen MR) is 85.5 cm³/mol. The topological polar surface area (TPSA) is 53.1 Å². The van der Waals surface area contributed by atoms with Crippen molar-refractivity contribution in [2.45, 2.75) is 45.1 Å². The number of methoxy groups -OCH3 is 1. The molecule has 0 atom stereocenters. The van der Waals surface area contributed by atoms with Crippen LogP contribution in [0.3, 0.4) is 0 Å². The zero-order chi connectivity index (χ0) is 14.8. The summed E-state index contributed by atoms with van der Waals surface area (Å²) in [6, 6.07) is 7.94. The minimum Gasteiger partial charge on any atom is -0.496 e. The smallest absolute Gasteiger partial charge is 0.131 e. The molecule has 3 rings (SSSR count). The number of benzene rings is 1. The van der Waals surface area contributed by atoms with E-state index in [1.54, 1.807) is 7.11 Å². The maximum Gasteiger partial charge on any atom is 0.131 e. The van der Waals surface area contributed by atoms with Crippen LogP contribution in [-0.4, -0.2) is 16.7 Å². The maximum atomic E-state index is 6.38. The number of nitrogens with zero attached hydrogens (tertiary/aromatic N) is 2. The number of hydrogen-bond donors (Lipinski definition) is 1. The Morgan fingerprint density at radius 2 is 2.00 bits per heavy atom. The Bertz CT molecular complexity index is 627. The highest BCUT2D eigenvalue weighted by Gasteiger charge is 2.26. The molecule has 0 radical (unpaired) electrons. The average Bonchev–Trinajstić information content (AvgIpc) is 3.14. The molecule has 1 heterocycles. The standard InChI is InChI=1S/C17H23N3O/c1-3-20-16(18)15(13-10-6-7-11-14(13)21-2)19-17(20)12-8-4-5-9-12/h6-7,10-12H,3-5,8-9,18H2,1-2H3. The van der Waals surface area contributed by atoms with Gasteiger partial charge in [0.25, 0.3) is 0 Å². The summed E-state index contributed by atoms with van der Waals surface area (Å²) in [6.07, 6.45) is 5.04. The first-order chi connectivity index (χ1) is 10.3. The van der Waals surface area contributed by atoms with Gasteiger partial charge in [-0.2, -0.15) is 0 Å². The normalized spacial score (nSPS) is 15.5. The molecule has 0 saturated heterocycles. The second kappa shape index (κ2) is 5.80. The SMILES string of the molecule is CCn1c(C2CCCC2)nc(-c2ccccc2OC)c1N. The number of para-hydroxylation sites is 1. The van der Waals surface area contributed by atoms with Gasteiger partial charge in [0, 0.05) is 18.0 Å². The van der Waals surface area contributed by atoms with Crippen molar-refractivity contribution in [3.05, 3.63) is 30.1 Å². The fourth-order valence-electron chi connectivity index (χ4n) is 3.35. The lowest BCUT2D eigenvalue weighted by molar-refractivity contribution is 0.416. The molecule has 0 amide bonds. The summed E-state index contributed by atoms with van der Waals surface area (Å²) in [5.74, 6) is 3.27. The Morgan fingerprint density at radius 3 is 2.67 bits per heavy atom. The Morgan fingerprint density at radius 1 is 1.29 bits per heavy atom. The van der Waals surface area contributed by atoms with Crippen LogP contribution in [0.25, 0.3) is 11.3 Å². The third-order valence-electron chi connectivity index (χ3n) is 4.43. The molecule has 0 aliphatic heterocycles. The molecule has 21 heavy (non-hydrogen) atoms. The molecule has 1 fully saturated rings. The van der Waals surface area contributed by atoms with E-state index in [0.29, 0.717) is 5.92 Å². The maximum absolute atomic E-state index is 6.38. The van der Waals surface area contributed by atoms with Gasteiger partial charge in [0.05, 0.1) is 7.11 Å². The first kappa shape index (κ1) is 14.0. The van der Waals surface area contributed by atoms with Crippen LogP contribution in [0.15, 0.2) is 24.3 Å². The first-order valence-corrected chi connectivity index (χ1v) is 7.75. The van der Waals surface area contributed by atoms with Gasteiger partial charge in [-0.1, -0.05) is 25.0 Å². The molecular formula is C17H23N3O. The zero-order valence-corrected chi connectivity index (χ0v) is 12.8. The number of nitrogens with two attached hydrogens (primary N) is 1. The van der Waals surface area contributed by atoms with Gasteiger partial charge in [0.1, 0.15) is 23.1 Å². The number of aromatic nitrogens is 2. The summed E-state index contributed by atoms with van der Waals surface area (Å²) in [5.41, 5.74) is 8.22. The van der Waals surface area contributed by atoms with Crippen LogP contribution < -0.4 is 10.5 Å². The molecule has 2 aromatic rings. The number of anilines is 1. The van der Waals surface area contributed by atoms with Crippen molar-refractivity contribution in [1.82, 2.24) is 9.55 Å². The van der Waals surface area contributed by atoms with E-state index in [0.717, 1.165) is 35.2 Å². The molecule has 4 heteroatoms. The van der Waals surface area contributed by atoms with Gasteiger partial charge in [-0.15, -0.1) is 0 Å². The molecule has 1 aliphatic rings. The van der Waals surface area contributed by atoms with Gasteiger partial charge >= 0.3 is 0 Å². The summed E-state index contributed by atoms with van der Waals surface area (Å²) >= 11 is 0. The summed E-state index contributed by atoms with van der Waals surface area (Å²) in [4.78, 5) is 4.90. The summed E-state index contributed by atoms with van der Waals surface area (Å²) in [7, 11) is 1.68. The van der Waals surface area contributed by atoms with E-state index >= 15 is 0 Å². The zero-order valence-electron chi connectivity index (χ0n) is 12.8. The van der Waals surface area contributed by atoms with E-state index in [1.165, 1.54) is 25.7 Å². The lowest BCUT2D eigenvalue weighted by Gasteiger charge is -2.11. The molecule has 1 aromatic carbocycles. The third-order valence-corrected chi connectivity index (χ3v) is 4.43. The van der Waals surface area contributed by atoms with Crippen molar-refractivity contribution in [2.24, 2.45) is 0 Å². The Kier molecular flexibility index (Phi) is 3.86. The fourth-order valence-corrected chi connectivity index (χ4v) is 3.35. The minimum absolute atomic E-state index is 0.552. The molecule has 2 N–H and O–H groups in total. The fraction of sp³-hybridized carbons (Fsp3) is 0.471. The van der Waals surface area contributed by atoms with Crippen LogP contribution in [0.2, 0.25) is 0 Å². The van der Waals surface area contributed by atoms with Gasteiger partial charge in [0.2, 0.25) is 0 Å². The Labute approximate surface area is 125 Å². The number of imidazole rings is 1. The molecule has 1 aromatic heterocycles. The molecule has 1 aliphatic carbocycles. The van der Waals surface area contributed by atoms with Gasteiger partial charge in [-0.3, -0.25) is 0 Å². The van der Waals surface area contributed by atoms with Crippen molar-refractivity contribution in [3.63, 3.8) is 0 Å². The van der Waals surface area contributed by atoms with Crippen LogP contribution in [0, 0.1) is 0 Å². The number of ether oxygens (including phenoxy) is 1. The largest absolute Gasteiger partial charge is 0.496 e. The van der Waals surface area contributed by atoms with Crippen LogP contribution in [0.4, 0.5) is 5.82 Å². The molecule has 0 spiro atoms. The highest BCUT2D eigenvalue weighted by atomic mass is 16.5. The average molecular weight is 285 g/mol. The lowest BCUT2D eigenvalue weighted by atomic mass is 10.1. The molecule has 4 nitrogen and oxygen atoms in total. The monoisotopic (exact) mass is 285 g/mol. The lowest BCUT2D eigenvalue weighted by Crippen LogP contribution is -2.08. The van der Waals surface area contributed by atoms with Crippen molar-refractivity contribution < 1.29 is 4.74 Å². The Balaban J connectivity index is 2.10. The van der Waals surface area contributed by atoms with E-state index in [9.17, 15) is 0 Å². The van der Waals surface area contributed by atoms with Crippen molar-refractivity contribution in [2.75, 3.05) is 12.8 Å². The summed E-state index contributed by atoms with van der Waals surface area (Å²) in [6.45, 7) is 2.99. The van der Waals surface area contributed by atoms with Crippen LogP contribution in [0.1, 0.15) is 44.3 Å². The number of rotatable bonds is 4. The highest BCUT2D eigenvalue weighted by molar-refractivity contribution is 5.76. The number of hydrogen-bond acceptors (Lipinski definition) is 3. The van der Waals surface area contributed by atoms with E-state index in [4.69, 9.17) is 15.5 Å². The minimum atomic E-state index is 0.552. The quantitative estimate of drug-likeness (QED) is 0.929. The van der Waals surface area contributed by atoms with Crippen LogP contribution in [-0.2, 0) is 6.54 Å². The van der Waals surface area contributed by atoms with E-state index < -0.39 is 0 Å². The van der Waals surface area contributed by atoms with Crippen LogP contribution in [0.5, 0.6) is 5.75 Å². The molecule has 1 saturated carbocycles. The number of nitrogen functional groups attached to an aromatic ring is 1. The molecule has 0 bridgehead atoms. The summed E-state index contributed by atoms with van der Waals surface area (Å²) < 4.78 is 7.62. The first-order valence-electron chi connectivity index (χ1n) is 7.75. The molecule has 0 unspecified atom stereocenters. The predicted octanol–water partition coefficient (Wildman–Crippen LogP) is 3.82. The van der Waals surface area contributed by atoms with E-state index in [1.807, 2.05) is 24.3 Å². The van der Waals surface area contributed by atoms with Gasteiger partial charge in [-0.25, -0.2) is 4.98 Å². The van der Waals surface area contributed by atoms with E-state index in [2.05, 4.69) is 11.5 Å². The highest BCUT2D eigenvalue weighted by Crippen LogP contribution is 2.39. The van der Waals surface area contributed by atoms with Gasteiger partial charge in [-0.05, 0) is 31.9 Å². The molecule has 112 valence electrons. The Hall–Kier alpha value is -1.97. The third kappa shape index (κ3) is 2.39.